The van der Waals surface area contributed by atoms with Gasteiger partial charge < -0.3 is 19.7 Å². The van der Waals surface area contributed by atoms with Gasteiger partial charge in [-0.25, -0.2) is 9.59 Å². The van der Waals surface area contributed by atoms with Crippen molar-refractivity contribution in [3.63, 3.8) is 0 Å². The molecule has 10 heteroatoms. The predicted octanol–water partition coefficient (Wildman–Crippen LogP) is 5.88. The molecule has 0 aromatic heterocycles. The molecule has 2 N–H and O–H groups in total. The summed E-state index contributed by atoms with van der Waals surface area (Å²) in [7, 11) is -4.72. The van der Waals surface area contributed by atoms with Crippen LogP contribution in [0.3, 0.4) is 0 Å². The molecule has 3 aromatic rings. The van der Waals surface area contributed by atoms with Gasteiger partial charge in [0.1, 0.15) is 6.61 Å². The molecule has 3 rings (SSSR count). The fraction of sp³-hybridized carbons (Fsp3) is 0.200. The maximum atomic E-state index is 13.5. The first-order valence-electron chi connectivity index (χ1n) is 10.7. The van der Waals surface area contributed by atoms with Crippen molar-refractivity contribution in [1.29, 1.82) is 0 Å². The van der Waals surface area contributed by atoms with Gasteiger partial charge in [-0.1, -0.05) is 88.7 Å². The van der Waals surface area contributed by atoms with Crippen LogP contribution in [0.2, 0.25) is 0 Å². The first-order valence-corrected chi connectivity index (χ1v) is 13.2. The highest BCUT2D eigenvalue weighted by Gasteiger charge is 2.41. The molecular formula is C25H25BrNO7P. The summed E-state index contributed by atoms with van der Waals surface area (Å²) in [6, 6.07) is 23.6. The molecule has 3 aromatic carbocycles. The molecule has 184 valence electrons. The number of nitrogens with one attached hydrogen (secondary N) is 1. The highest BCUT2D eigenvalue weighted by Crippen LogP contribution is 2.58. The van der Waals surface area contributed by atoms with E-state index in [1.54, 1.807) is 85.8 Å². The van der Waals surface area contributed by atoms with Gasteiger partial charge in [0.2, 0.25) is 0 Å². The van der Waals surface area contributed by atoms with Crippen molar-refractivity contribution in [1.82, 2.24) is 5.32 Å². The Bertz CT molecular complexity index is 1160. The van der Waals surface area contributed by atoms with Gasteiger partial charge in [0.05, 0.1) is 6.61 Å². The number of ether oxygens (including phenoxy) is 2. The molecule has 8 nitrogen and oxygen atoms in total. The SMILES string of the molecule is CCOC(=O)[C@H](OP(=O)(O)[C@@H](NC(=O)OCc1ccccc1)c1ccc(Br)cc1)c1ccccc1. The van der Waals surface area contributed by atoms with Crippen LogP contribution >= 0.6 is 23.5 Å². The Kier molecular flexibility index (Phi) is 9.63. The minimum Gasteiger partial charge on any atom is -0.464 e. The van der Waals surface area contributed by atoms with E-state index in [0.29, 0.717) is 5.56 Å². The van der Waals surface area contributed by atoms with Crippen LogP contribution < -0.4 is 5.32 Å². The number of hydrogen-bond donors (Lipinski definition) is 2. The average Bonchev–Trinajstić information content (AvgIpc) is 2.86. The zero-order valence-electron chi connectivity index (χ0n) is 18.9. The van der Waals surface area contributed by atoms with Crippen molar-refractivity contribution in [2.45, 2.75) is 25.4 Å². The van der Waals surface area contributed by atoms with E-state index in [9.17, 15) is 19.0 Å². The minimum atomic E-state index is -4.72. The number of benzene rings is 3. The molecule has 0 bridgehead atoms. The summed E-state index contributed by atoms with van der Waals surface area (Å²) >= 11 is 3.32. The molecule has 0 aliphatic carbocycles. The fourth-order valence-corrected chi connectivity index (χ4v) is 4.89. The quantitative estimate of drug-likeness (QED) is 0.235. The number of esters is 1. The zero-order valence-corrected chi connectivity index (χ0v) is 21.4. The van der Waals surface area contributed by atoms with Crippen LogP contribution in [0.1, 0.15) is 35.5 Å². The fourth-order valence-electron chi connectivity index (χ4n) is 3.17. The Labute approximate surface area is 211 Å². The maximum absolute atomic E-state index is 13.5. The van der Waals surface area contributed by atoms with Crippen LogP contribution in [0.15, 0.2) is 89.4 Å². The lowest BCUT2D eigenvalue weighted by Gasteiger charge is -2.27. The lowest BCUT2D eigenvalue weighted by Crippen LogP contribution is -2.30. The summed E-state index contributed by atoms with van der Waals surface area (Å²) in [5, 5.41) is 2.42. The third-order valence-electron chi connectivity index (χ3n) is 4.84. The average molecular weight is 562 g/mol. The van der Waals surface area contributed by atoms with E-state index in [-0.39, 0.29) is 18.8 Å². The van der Waals surface area contributed by atoms with Crippen LogP contribution in [0.5, 0.6) is 0 Å². The standard InChI is InChI=1S/C25H25BrNO7P/c1-2-32-24(28)22(19-11-7-4-8-12-19)34-35(30,31)23(20-13-15-21(26)16-14-20)27-25(29)33-17-18-9-5-3-6-10-18/h3-16,22-23H,2,17H2,1H3,(H,27,29)(H,30,31)/t22-,23-/m1/s1. The number of carbonyl (C=O) groups excluding carboxylic acids is 2. The third-order valence-corrected chi connectivity index (χ3v) is 6.96. The topological polar surface area (TPSA) is 111 Å². The maximum Gasteiger partial charge on any atom is 0.408 e. The zero-order chi connectivity index (χ0) is 25.3. The highest BCUT2D eigenvalue weighted by molar-refractivity contribution is 9.10. The van der Waals surface area contributed by atoms with Crippen LogP contribution in [0, 0.1) is 0 Å². The normalized spacial score (nSPS) is 14.3. The van der Waals surface area contributed by atoms with E-state index < -0.39 is 31.5 Å². The number of rotatable bonds is 10. The van der Waals surface area contributed by atoms with E-state index in [2.05, 4.69) is 21.2 Å². The van der Waals surface area contributed by atoms with Crippen LogP contribution in [-0.2, 0) is 30.0 Å². The minimum absolute atomic E-state index is 0.0359. The molecule has 0 spiro atoms. The lowest BCUT2D eigenvalue weighted by molar-refractivity contribution is -0.152. The molecule has 0 aliphatic heterocycles. The Hall–Kier alpha value is -2.97. The number of hydrogen-bond acceptors (Lipinski definition) is 6. The van der Waals surface area contributed by atoms with Gasteiger partial charge in [-0.3, -0.25) is 9.09 Å². The van der Waals surface area contributed by atoms with E-state index in [1.807, 2.05) is 6.07 Å². The summed E-state index contributed by atoms with van der Waals surface area (Å²) in [5.74, 6) is -2.34. The van der Waals surface area contributed by atoms with Crippen LogP contribution in [0.25, 0.3) is 0 Å². The summed E-state index contributed by atoms with van der Waals surface area (Å²) in [6.45, 7) is 1.64. The summed E-state index contributed by atoms with van der Waals surface area (Å²) in [6.07, 6.45) is -2.40. The first kappa shape index (κ1) is 26.6. The van der Waals surface area contributed by atoms with Gasteiger partial charge in [-0.05, 0) is 35.7 Å². The number of amides is 1. The highest BCUT2D eigenvalue weighted by atomic mass is 79.9. The number of alkyl carbamates (subject to hydrolysis) is 1. The molecule has 1 unspecified atom stereocenters. The van der Waals surface area contributed by atoms with Crippen LogP contribution in [-0.4, -0.2) is 23.6 Å². The molecule has 0 heterocycles. The number of halogens is 1. The third kappa shape index (κ3) is 7.77. The van der Waals surface area contributed by atoms with Gasteiger partial charge in [0, 0.05) is 4.47 Å². The molecule has 3 atom stereocenters. The second-order valence-corrected chi connectivity index (χ2v) is 10.1. The second kappa shape index (κ2) is 12.7. The van der Waals surface area contributed by atoms with Crippen molar-refractivity contribution >= 4 is 35.6 Å². The molecule has 35 heavy (non-hydrogen) atoms. The predicted molar refractivity (Wildman–Crippen MR) is 133 cm³/mol. The molecule has 0 radical (unpaired) electrons. The lowest BCUT2D eigenvalue weighted by atomic mass is 10.1. The van der Waals surface area contributed by atoms with E-state index in [0.717, 1.165) is 10.0 Å². The van der Waals surface area contributed by atoms with Crippen LogP contribution in [0.4, 0.5) is 4.79 Å². The molecule has 0 saturated heterocycles. The Morgan fingerprint density at radius 2 is 1.51 bits per heavy atom. The van der Waals surface area contributed by atoms with E-state index >= 15 is 0 Å². The van der Waals surface area contributed by atoms with Gasteiger partial charge in [0.15, 0.2) is 11.9 Å². The van der Waals surface area contributed by atoms with Gasteiger partial charge in [0.25, 0.3) is 0 Å². The van der Waals surface area contributed by atoms with Gasteiger partial charge >= 0.3 is 19.7 Å². The Morgan fingerprint density at radius 3 is 2.11 bits per heavy atom. The summed E-state index contributed by atoms with van der Waals surface area (Å²) in [5.41, 5.74) is 1.37. The molecule has 0 aliphatic rings. The second-order valence-electron chi connectivity index (χ2n) is 7.37. The first-order chi connectivity index (χ1) is 16.8. The largest absolute Gasteiger partial charge is 0.464 e. The molecule has 1 amide bonds. The Balaban J connectivity index is 1.86. The molecule has 0 saturated carbocycles. The van der Waals surface area contributed by atoms with E-state index in [1.165, 1.54) is 0 Å². The number of carbonyl (C=O) groups is 2. The van der Waals surface area contributed by atoms with Crippen molar-refractivity contribution < 1.29 is 33.0 Å². The van der Waals surface area contributed by atoms with Crippen molar-refractivity contribution in [2.24, 2.45) is 0 Å². The smallest absolute Gasteiger partial charge is 0.408 e. The van der Waals surface area contributed by atoms with Gasteiger partial charge in [-0.2, -0.15) is 0 Å². The Morgan fingerprint density at radius 1 is 0.914 bits per heavy atom. The summed E-state index contributed by atoms with van der Waals surface area (Å²) < 4.78 is 30.1. The van der Waals surface area contributed by atoms with E-state index in [4.69, 9.17) is 14.0 Å². The van der Waals surface area contributed by atoms with Crippen molar-refractivity contribution in [3.05, 3.63) is 106 Å². The van der Waals surface area contributed by atoms with Crippen molar-refractivity contribution in [3.8, 4) is 0 Å². The van der Waals surface area contributed by atoms with Crippen molar-refractivity contribution in [2.75, 3.05) is 6.61 Å². The molecular weight excluding hydrogens is 537 g/mol. The summed E-state index contributed by atoms with van der Waals surface area (Å²) in [4.78, 5) is 36.2. The van der Waals surface area contributed by atoms with Gasteiger partial charge in [-0.15, -0.1) is 0 Å². The monoisotopic (exact) mass is 561 g/mol. The molecule has 0 fully saturated rings.